The lowest BCUT2D eigenvalue weighted by molar-refractivity contribution is 0.0476. The second-order valence-corrected chi connectivity index (χ2v) is 9.47. The molecule has 35 heavy (non-hydrogen) atoms. The maximum absolute atomic E-state index is 12.7. The van der Waals surface area contributed by atoms with E-state index in [9.17, 15) is 9.59 Å². The van der Waals surface area contributed by atoms with Gasteiger partial charge in [-0.15, -0.1) is 0 Å². The van der Waals surface area contributed by atoms with Crippen LogP contribution >= 0.6 is 0 Å². The van der Waals surface area contributed by atoms with E-state index in [1.807, 2.05) is 20.8 Å². The Labute approximate surface area is 203 Å². The number of aromatic nitrogens is 2. The fourth-order valence-electron chi connectivity index (χ4n) is 3.44. The summed E-state index contributed by atoms with van der Waals surface area (Å²) in [6.45, 7) is 5.61. The first-order valence-corrected chi connectivity index (χ1v) is 11.3. The highest BCUT2D eigenvalue weighted by atomic mass is 16.6. The molecule has 4 rings (SSSR count). The third-order valence-corrected chi connectivity index (χ3v) is 5.39. The Morgan fingerprint density at radius 2 is 1.89 bits per heavy atom. The van der Waals surface area contributed by atoms with E-state index in [0.29, 0.717) is 39.5 Å². The number of carbonyl (C=O) groups excluding carboxylic acids is 2. The molecular formula is C25H29N5O5. The number of ether oxygens (including phenoxy) is 3. The zero-order valence-electron chi connectivity index (χ0n) is 20.2. The Hall–Kier alpha value is -4.08. The first kappa shape index (κ1) is 24.1. The van der Waals surface area contributed by atoms with E-state index in [0.717, 1.165) is 12.8 Å². The lowest BCUT2D eigenvalue weighted by atomic mass is 10.1. The maximum atomic E-state index is 12.7. The van der Waals surface area contributed by atoms with Gasteiger partial charge in [-0.3, -0.25) is 9.78 Å². The van der Waals surface area contributed by atoms with Crippen molar-refractivity contribution in [2.75, 3.05) is 19.4 Å². The fraction of sp³-hybridized carbons (Fsp3) is 0.360. The number of benzene rings is 1. The van der Waals surface area contributed by atoms with Gasteiger partial charge >= 0.3 is 6.09 Å². The van der Waals surface area contributed by atoms with Crippen molar-refractivity contribution in [3.05, 3.63) is 48.3 Å². The van der Waals surface area contributed by atoms with Gasteiger partial charge in [-0.2, -0.15) is 0 Å². The molecule has 0 bridgehead atoms. The third kappa shape index (κ3) is 5.89. The van der Waals surface area contributed by atoms with Gasteiger partial charge in [0.25, 0.3) is 5.91 Å². The summed E-state index contributed by atoms with van der Waals surface area (Å²) >= 11 is 0. The normalized spacial score (nSPS) is 14.2. The van der Waals surface area contributed by atoms with Crippen LogP contribution in [0.3, 0.4) is 0 Å². The van der Waals surface area contributed by atoms with Crippen molar-refractivity contribution in [3.8, 4) is 17.2 Å². The molecule has 2 amide bonds. The summed E-state index contributed by atoms with van der Waals surface area (Å²) in [7, 11) is 1.55. The molecule has 0 spiro atoms. The minimum Gasteiger partial charge on any atom is -0.490 e. The summed E-state index contributed by atoms with van der Waals surface area (Å²) in [5.74, 6) is 1.42. The molecule has 1 saturated carbocycles. The number of hydrogen-bond acceptors (Lipinski definition) is 8. The van der Waals surface area contributed by atoms with Gasteiger partial charge in [-0.25, -0.2) is 9.78 Å². The zero-order chi connectivity index (χ0) is 25.2. The van der Waals surface area contributed by atoms with E-state index in [2.05, 4.69) is 20.6 Å². The van der Waals surface area contributed by atoms with Gasteiger partial charge in [0.15, 0.2) is 0 Å². The lowest BCUT2D eigenvalue weighted by Crippen LogP contribution is -2.44. The van der Waals surface area contributed by atoms with Gasteiger partial charge < -0.3 is 30.6 Å². The van der Waals surface area contributed by atoms with E-state index < -0.39 is 17.2 Å². The summed E-state index contributed by atoms with van der Waals surface area (Å²) in [5, 5.41) is 6.16. The molecule has 3 aromatic rings. The Balaban J connectivity index is 1.59. The highest BCUT2D eigenvalue weighted by Crippen LogP contribution is 2.38. The number of alkyl carbamates (subject to hydrolysis) is 1. The van der Waals surface area contributed by atoms with Gasteiger partial charge in [-0.05, 0) is 57.9 Å². The Bertz CT molecular complexity index is 1250. The molecule has 0 radical (unpaired) electrons. The van der Waals surface area contributed by atoms with Crippen LogP contribution in [0, 0.1) is 0 Å². The molecule has 4 N–H and O–H groups in total. The van der Waals surface area contributed by atoms with Gasteiger partial charge in [0, 0.05) is 24.7 Å². The molecule has 1 fully saturated rings. The second kappa shape index (κ2) is 9.28. The summed E-state index contributed by atoms with van der Waals surface area (Å²) in [4.78, 5) is 33.4. The van der Waals surface area contributed by atoms with Crippen LogP contribution < -0.4 is 25.8 Å². The molecule has 184 valence electrons. The minimum atomic E-state index is -0.598. The Morgan fingerprint density at radius 1 is 1.11 bits per heavy atom. The quantitative estimate of drug-likeness (QED) is 0.465. The van der Waals surface area contributed by atoms with Crippen LogP contribution in [0.15, 0.2) is 42.7 Å². The number of hydrogen-bond donors (Lipinski definition) is 3. The molecular weight excluding hydrogens is 450 g/mol. The topological polar surface area (TPSA) is 138 Å². The first-order valence-electron chi connectivity index (χ1n) is 11.3. The highest BCUT2D eigenvalue weighted by Gasteiger charge is 2.46. The first-order chi connectivity index (χ1) is 16.6. The second-order valence-electron chi connectivity index (χ2n) is 9.47. The van der Waals surface area contributed by atoms with Gasteiger partial charge in [0.2, 0.25) is 0 Å². The summed E-state index contributed by atoms with van der Waals surface area (Å²) in [5.41, 5.74) is 5.42. The predicted molar refractivity (Wildman–Crippen MR) is 131 cm³/mol. The van der Waals surface area contributed by atoms with E-state index in [-0.39, 0.29) is 12.5 Å². The van der Waals surface area contributed by atoms with Crippen LogP contribution in [0.5, 0.6) is 17.2 Å². The SMILES string of the molecule is CNC(=O)c1cc2c(Oc3ccc(N)nc3)ccnc2cc1OCC1(NC(=O)OC(C)(C)C)CC1. The standard InChI is InChI=1S/C25H29N5O5/c1-24(2,3)35-23(32)30-25(8-9-25)14-33-20-12-18-16(11-17(20)22(31)27-4)19(7-10-28-18)34-15-5-6-21(26)29-13-15/h5-7,10-13H,8-9,14H2,1-4H3,(H2,26,29)(H,27,31)(H,30,32). The number of nitrogens with zero attached hydrogens (tertiary/aromatic N) is 2. The molecule has 0 unspecified atom stereocenters. The molecule has 2 aromatic heterocycles. The largest absolute Gasteiger partial charge is 0.490 e. The fourth-order valence-corrected chi connectivity index (χ4v) is 3.44. The lowest BCUT2D eigenvalue weighted by Gasteiger charge is -2.24. The van der Waals surface area contributed by atoms with E-state index in [1.165, 1.54) is 6.20 Å². The van der Waals surface area contributed by atoms with Crippen LogP contribution in [-0.4, -0.2) is 46.8 Å². The van der Waals surface area contributed by atoms with Crippen LogP contribution in [0.25, 0.3) is 10.9 Å². The smallest absolute Gasteiger partial charge is 0.408 e. The molecule has 10 heteroatoms. The number of fused-ring (bicyclic) bond motifs is 1. The van der Waals surface area contributed by atoms with Crippen LogP contribution in [-0.2, 0) is 4.74 Å². The Morgan fingerprint density at radius 3 is 2.51 bits per heavy atom. The molecule has 0 saturated heterocycles. The van der Waals surface area contributed by atoms with Crippen molar-refractivity contribution in [2.45, 2.75) is 44.8 Å². The van der Waals surface area contributed by atoms with Gasteiger partial charge in [0.1, 0.15) is 35.3 Å². The van der Waals surface area contributed by atoms with E-state index >= 15 is 0 Å². The van der Waals surface area contributed by atoms with Crippen molar-refractivity contribution in [2.24, 2.45) is 0 Å². The number of nitrogens with one attached hydrogen (secondary N) is 2. The maximum Gasteiger partial charge on any atom is 0.408 e. The average molecular weight is 480 g/mol. The number of nitrogen functional groups attached to an aromatic ring is 1. The number of carbonyl (C=O) groups is 2. The molecule has 1 aromatic carbocycles. The monoisotopic (exact) mass is 479 g/mol. The van der Waals surface area contributed by atoms with Crippen molar-refractivity contribution < 1.29 is 23.8 Å². The summed E-state index contributed by atoms with van der Waals surface area (Å²) in [6, 6.07) is 8.42. The molecule has 1 aliphatic carbocycles. The molecule has 0 aliphatic heterocycles. The van der Waals surface area contributed by atoms with Crippen molar-refractivity contribution >= 4 is 28.7 Å². The van der Waals surface area contributed by atoms with Crippen molar-refractivity contribution in [1.29, 1.82) is 0 Å². The summed E-state index contributed by atoms with van der Waals surface area (Å²) < 4.78 is 17.4. The van der Waals surface area contributed by atoms with E-state index in [1.54, 1.807) is 43.6 Å². The molecule has 1 aliphatic rings. The average Bonchev–Trinajstić information content (AvgIpc) is 3.56. The minimum absolute atomic E-state index is 0.190. The molecule has 0 atom stereocenters. The highest BCUT2D eigenvalue weighted by molar-refractivity contribution is 6.02. The number of pyridine rings is 2. The molecule has 10 nitrogen and oxygen atoms in total. The number of anilines is 1. The number of amides is 2. The summed E-state index contributed by atoms with van der Waals surface area (Å²) in [6.07, 6.45) is 4.13. The predicted octanol–water partition coefficient (Wildman–Crippen LogP) is 3.80. The van der Waals surface area contributed by atoms with Crippen LogP contribution in [0.1, 0.15) is 44.0 Å². The number of rotatable bonds is 7. The van der Waals surface area contributed by atoms with Crippen molar-refractivity contribution in [1.82, 2.24) is 20.6 Å². The van der Waals surface area contributed by atoms with Gasteiger partial charge in [0.05, 0.1) is 22.8 Å². The third-order valence-electron chi connectivity index (χ3n) is 5.39. The Kier molecular flexibility index (Phi) is 6.38. The van der Waals surface area contributed by atoms with Crippen LogP contribution in [0.2, 0.25) is 0 Å². The van der Waals surface area contributed by atoms with E-state index in [4.69, 9.17) is 19.9 Å². The van der Waals surface area contributed by atoms with Gasteiger partial charge in [-0.1, -0.05) is 0 Å². The van der Waals surface area contributed by atoms with Crippen molar-refractivity contribution in [3.63, 3.8) is 0 Å². The zero-order valence-corrected chi connectivity index (χ0v) is 20.2. The van der Waals surface area contributed by atoms with Crippen LogP contribution in [0.4, 0.5) is 10.6 Å². The number of nitrogens with two attached hydrogens (primary N) is 1. The molecule has 2 heterocycles.